The largest absolute Gasteiger partial charge is 0.497 e. The number of hydrogen-bond acceptors (Lipinski definition) is 5. The second-order valence-corrected chi connectivity index (χ2v) is 7.78. The van der Waals surface area contributed by atoms with Crippen LogP contribution in [0.4, 0.5) is 0 Å². The van der Waals surface area contributed by atoms with Crippen LogP contribution in [-0.4, -0.2) is 30.3 Å². The zero-order chi connectivity index (χ0) is 22.7. The lowest BCUT2D eigenvalue weighted by Crippen LogP contribution is -2.24. The van der Waals surface area contributed by atoms with Gasteiger partial charge in [0.15, 0.2) is 0 Å². The van der Waals surface area contributed by atoms with Crippen LogP contribution in [0.5, 0.6) is 11.5 Å². The predicted molar refractivity (Wildman–Crippen MR) is 129 cm³/mol. The van der Waals surface area contributed by atoms with Gasteiger partial charge in [-0.15, -0.1) is 0 Å². The molecule has 4 aromatic rings. The Balaban J connectivity index is 1.82. The molecule has 1 heterocycles. The Hall–Kier alpha value is -3.35. The van der Waals surface area contributed by atoms with E-state index >= 15 is 0 Å². The maximum absolute atomic E-state index is 13.2. The summed E-state index contributed by atoms with van der Waals surface area (Å²) >= 11 is 6.15. The van der Waals surface area contributed by atoms with Gasteiger partial charge >= 0.3 is 0 Å². The van der Waals surface area contributed by atoms with E-state index < -0.39 is 0 Å². The summed E-state index contributed by atoms with van der Waals surface area (Å²) in [6, 6.07) is 18.7. The molecule has 0 fully saturated rings. The fourth-order valence-electron chi connectivity index (χ4n) is 3.71. The highest BCUT2D eigenvalue weighted by atomic mass is 35.5. The molecule has 0 aliphatic heterocycles. The van der Waals surface area contributed by atoms with Crippen LogP contribution in [0.3, 0.4) is 0 Å². The fourth-order valence-corrected chi connectivity index (χ4v) is 3.87. The average molecular weight is 450 g/mol. The molecule has 7 heteroatoms. The van der Waals surface area contributed by atoms with Crippen molar-refractivity contribution < 1.29 is 9.47 Å². The Morgan fingerprint density at radius 2 is 1.72 bits per heavy atom. The minimum absolute atomic E-state index is 0.101. The lowest BCUT2D eigenvalue weighted by Gasteiger charge is -2.15. The monoisotopic (exact) mass is 449 g/mol. The quantitative estimate of drug-likeness (QED) is 0.440. The topological polar surface area (TPSA) is 79.4 Å². The maximum atomic E-state index is 13.2. The van der Waals surface area contributed by atoms with E-state index in [1.807, 2.05) is 42.5 Å². The van der Waals surface area contributed by atoms with Gasteiger partial charge in [-0.2, -0.15) is 0 Å². The third-order valence-electron chi connectivity index (χ3n) is 5.37. The Morgan fingerprint density at radius 3 is 2.41 bits per heavy atom. The number of nitrogens with zero attached hydrogens (tertiary/aromatic N) is 2. The smallest absolute Gasteiger partial charge is 0.261 e. The van der Waals surface area contributed by atoms with Gasteiger partial charge in [0.1, 0.15) is 17.3 Å². The van der Waals surface area contributed by atoms with E-state index in [0.717, 1.165) is 28.2 Å². The molecule has 6 nitrogen and oxygen atoms in total. The van der Waals surface area contributed by atoms with Crippen LogP contribution in [0, 0.1) is 0 Å². The first-order valence-corrected chi connectivity index (χ1v) is 10.7. The van der Waals surface area contributed by atoms with E-state index in [0.29, 0.717) is 41.3 Å². The first-order valence-electron chi connectivity index (χ1n) is 10.3. The Labute approximate surface area is 191 Å². The van der Waals surface area contributed by atoms with Gasteiger partial charge in [-0.1, -0.05) is 35.9 Å². The summed E-state index contributed by atoms with van der Waals surface area (Å²) in [4.78, 5) is 18.0. The lowest BCUT2D eigenvalue weighted by atomic mass is 10.0. The lowest BCUT2D eigenvalue weighted by molar-refractivity contribution is 0.395. The predicted octanol–water partition coefficient (Wildman–Crippen LogP) is 4.75. The number of aromatic nitrogens is 2. The van der Waals surface area contributed by atoms with E-state index in [2.05, 4.69) is 0 Å². The Kier molecular flexibility index (Phi) is 6.44. The summed E-state index contributed by atoms with van der Waals surface area (Å²) in [5, 5.41) is 1.08. The number of rotatable bonds is 7. The molecule has 4 rings (SSSR count). The summed E-state index contributed by atoms with van der Waals surface area (Å²) in [6.45, 7) is 0.977. The first-order chi connectivity index (χ1) is 15.5. The van der Waals surface area contributed by atoms with E-state index in [9.17, 15) is 4.79 Å². The first kappa shape index (κ1) is 21.9. The highest BCUT2D eigenvalue weighted by Gasteiger charge is 2.14. The molecule has 0 amide bonds. The van der Waals surface area contributed by atoms with Gasteiger partial charge in [-0.25, -0.2) is 4.98 Å². The molecule has 0 aliphatic carbocycles. The van der Waals surface area contributed by atoms with Crippen molar-refractivity contribution in [3.8, 4) is 34.0 Å². The minimum atomic E-state index is -0.101. The molecule has 3 aromatic carbocycles. The second-order valence-electron chi connectivity index (χ2n) is 7.34. The van der Waals surface area contributed by atoms with Crippen molar-refractivity contribution in [1.82, 2.24) is 9.55 Å². The number of nitrogens with two attached hydrogens (primary N) is 1. The van der Waals surface area contributed by atoms with E-state index in [-0.39, 0.29) is 5.56 Å². The number of benzene rings is 3. The summed E-state index contributed by atoms with van der Waals surface area (Å²) in [5.41, 5.74) is 8.93. The molecule has 0 bridgehead atoms. The summed E-state index contributed by atoms with van der Waals surface area (Å²) < 4.78 is 12.5. The summed E-state index contributed by atoms with van der Waals surface area (Å²) in [7, 11) is 3.25. The molecular formula is C25H24ClN3O3. The molecule has 0 radical (unpaired) electrons. The van der Waals surface area contributed by atoms with Crippen LogP contribution in [0.25, 0.3) is 33.4 Å². The van der Waals surface area contributed by atoms with Gasteiger partial charge in [0.25, 0.3) is 5.56 Å². The second kappa shape index (κ2) is 9.42. The summed E-state index contributed by atoms with van der Waals surface area (Å²) in [5.74, 6) is 2.03. The van der Waals surface area contributed by atoms with E-state index in [1.165, 1.54) is 0 Å². The van der Waals surface area contributed by atoms with Crippen LogP contribution in [-0.2, 0) is 6.54 Å². The van der Waals surface area contributed by atoms with Crippen molar-refractivity contribution in [1.29, 1.82) is 0 Å². The number of fused-ring (bicyclic) bond motifs is 1. The van der Waals surface area contributed by atoms with Gasteiger partial charge in [-0.3, -0.25) is 9.36 Å². The molecule has 0 saturated carbocycles. The van der Waals surface area contributed by atoms with Crippen LogP contribution < -0.4 is 20.8 Å². The SMILES string of the molecule is COc1ccc(-c2ccc(-c3nc4cc(Cl)ccc4c(=O)n3CCCN)cc2)c(OC)c1. The van der Waals surface area contributed by atoms with Crippen molar-refractivity contribution in [2.75, 3.05) is 20.8 Å². The number of halogens is 1. The van der Waals surface area contributed by atoms with Gasteiger partial charge in [0.05, 0.1) is 25.1 Å². The van der Waals surface area contributed by atoms with E-state index in [1.54, 1.807) is 37.0 Å². The number of hydrogen-bond donors (Lipinski definition) is 1. The summed E-state index contributed by atoms with van der Waals surface area (Å²) in [6.07, 6.45) is 0.675. The molecule has 0 atom stereocenters. The number of ether oxygens (including phenoxy) is 2. The van der Waals surface area contributed by atoms with Crippen molar-refractivity contribution in [3.63, 3.8) is 0 Å². The molecule has 0 aliphatic rings. The standard InChI is InChI=1S/C25H24ClN3O3/c1-31-19-9-11-20(23(15-19)32-2)16-4-6-17(7-5-16)24-28-22-14-18(26)8-10-21(22)25(30)29(24)13-3-12-27/h4-11,14-15H,3,12-13,27H2,1-2H3. The van der Waals surface area contributed by atoms with Crippen LogP contribution >= 0.6 is 11.6 Å². The molecule has 0 saturated heterocycles. The molecule has 32 heavy (non-hydrogen) atoms. The zero-order valence-electron chi connectivity index (χ0n) is 18.0. The maximum Gasteiger partial charge on any atom is 0.261 e. The van der Waals surface area contributed by atoms with Crippen molar-refractivity contribution >= 4 is 22.5 Å². The molecule has 0 unspecified atom stereocenters. The molecule has 164 valence electrons. The highest BCUT2D eigenvalue weighted by Crippen LogP contribution is 2.34. The van der Waals surface area contributed by atoms with Gasteiger partial charge in [-0.05, 0) is 48.9 Å². The van der Waals surface area contributed by atoms with Crippen LogP contribution in [0.2, 0.25) is 5.02 Å². The van der Waals surface area contributed by atoms with Crippen LogP contribution in [0.1, 0.15) is 6.42 Å². The fraction of sp³-hybridized carbons (Fsp3) is 0.200. The Bertz CT molecular complexity index is 1320. The van der Waals surface area contributed by atoms with Crippen molar-refractivity contribution in [2.45, 2.75) is 13.0 Å². The molecule has 1 aromatic heterocycles. The molecular weight excluding hydrogens is 426 g/mol. The third-order valence-corrected chi connectivity index (χ3v) is 5.60. The van der Waals surface area contributed by atoms with Gasteiger partial charge in [0.2, 0.25) is 0 Å². The Morgan fingerprint density at radius 1 is 0.969 bits per heavy atom. The zero-order valence-corrected chi connectivity index (χ0v) is 18.7. The van der Waals surface area contributed by atoms with Gasteiger partial charge < -0.3 is 15.2 Å². The third kappa shape index (κ3) is 4.20. The van der Waals surface area contributed by atoms with Crippen LogP contribution in [0.15, 0.2) is 65.5 Å². The normalized spacial score (nSPS) is 11.0. The average Bonchev–Trinajstić information content (AvgIpc) is 2.83. The van der Waals surface area contributed by atoms with Crippen molar-refractivity contribution in [2.24, 2.45) is 5.73 Å². The molecule has 0 spiro atoms. The highest BCUT2D eigenvalue weighted by molar-refractivity contribution is 6.31. The van der Waals surface area contributed by atoms with E-state index in [4.69, 9.17) is 31.8 Å². The minimum Gasteiger partial charge on any atom is -0.497 e. The molecule has 2 N–H and O–H groups in total. The van der Waals surface area contributed by atoms with Crippen molar-refractivity contribution in [3.05, 3.63) is 76.0 Å². The van der Waals surface area contributed by atoms with Gasteiger partial charge in [0, 0.05) is 28.8 Å². The number of methoxy groups -OCH3 is 2.